The number of ether oxygens (including phenoxy) is 1. The molecular formula is C20H30BN3O4. The topological polar surface area (TPSA) is 74.6 Å². The van der Waals surface area contributed by atoms with E-state index in [0.717, 1.165) is 29.3 Å². The lowest BCUT2D eigenvalue weighted by Crippen LogP contribution is -2.41. The van der Waals surface area contributed by atoms with Crippen LogP contribution in [0.3, 0.4) is 0 Å². The minimum Gasteiger partial charge on any atom is -0.450 e. The maximum Gasteiger partial charge on any atom is 0.494 e. The highest BCUT2D eigenvalue weighted by Crippen LogP contribution is 2.36. The first-order valence-corrected chi connectivity index (χ1v) is 9.94. The summed E-state index contributed by atoms with van der Waals surface area (Å²) in [7, 11) is -0.413. The summed E-state index contributed by atoms with van der Waals surface area (Å²) >= 11 is 0. The minimum atomic E-state index is -0.413. The number of rotatable bonds is 7. The molecule has 8 heteroatoms. The Labute approximate surface area is 166 Å². The second kappa shape index (κ2) is 8.13. The SMILES string of the molecule is CCCCOC(=O)NCCn1cnc2ccc(B3OC(C)(C)C(C)(C)O3)cc21. The third kappa shape index (κ3) is 4.33. The summed E-state index contributed by atoms with van der Waals surface area (Å²) in [6.45, 7) is 11.8. The molecule has 1 amide bonds. The van der Waals surface area contributed by atoms with Crippen molar-refractivity contribution in [3.05, 3.63) is 24.5 Å². The molecule has 1 aromatic heterocycles. The van der Waals surface area contributed by atoms with E-state index in [4.69, 9.17) is 14.0 Å². The monoisotopic (exact) mass is 387 g/mol. The van der Waals surface area contributed by atoms with Gasteiger partial charge >= 0.3 is 13.2 Å². The lowest BCUT2D eigenvalue weighted by atomic mass is 9.79. The molecule has 1 aliphatic heterocycles. The van der Waals surface area contributed by atoms with Crippen LogP contribution in [0.5, 0.6) is 0 Å². The highest BCUT2D eigenvalue weighted by atomic mass is 16.7. The fourth-order valence-corrected chi connectivity index (χ4v) is 3.02. The number of hydrogen-bond donors (Lipinski definition) is 1. The van der Waals surface area contributed by atoms with Crippen LogP contribution in [0.4, 0.5) is 4.79 Å². The van der Waals surface area contributed by atoms with E-state index in [1.165, 1.54) is 0 Å². The number of benzene rings is 1. The van der Waals surface area contributed by atoms with Crippen LogP contribution in [0.25, 0.3) is 11.0 Å². The molecule has 0 bridgehead atoms. The van der Waals surface area contributed by atoms with Gasteiger partial charge in [-0.05, 0) is 51.7 Å². The second-order valence-corrected chi connectivity index (χ2v) is 8.19. The van der Waals surface area contributed by atoms with Crippen molar-refractivity contribution in [2.45, 2.75) is 65.2 Å². The third-order valence-electron chi connectivity index (χ3n) is 5.52. The Morgan fingerprint density at radius 1 is 1.25 bits per heavy atom. The Bertz CT molecular complexity index is 818. The molecule has 152 valence electrons. The summed E-state index contributed by atoms with van der Waals surface area (Å²) in [6, 6.07) is 6.01. The quantitative estimate of drug-likeness (QED) is 0.584. The van der Waals surface area contributed by atoms with Gasteiger partial charge in [0.15, 0.2) is 0 Å². The molecule has 0 aliphatic carbocycles. The first-order valence-electron chi connectivity index (χ1n) is 9.94. The van der Waals surface area contributed by atoms with Gasteiger partial charge < -0.3 is 23.9 Å². The third-order valence-corrected chi connectivity index (χ3v) is 5.52. The molecule has 0 spiro atoms. The van der Waals surface area contributed by atoms with Gasteiger partial charge in [0, 0.05) is 13.1 Å². The van der Waals surface area contributed by atoms with E-state index < -0.39 is 7.12 Å². The van der Waals surface area contributed by atoms with Crippen molar-refractivity contribution >= 4 is 29.7 Å². The fourth-order valence-electron chi connectivity index (χ4n) is 3.02. The highest BCUT2D eigenvalue weighted by Gasteiger charge is 2.51. The van der Waals surface area contributed by atoms with Crippen molar-refractivity contribution in [3.8, 4) is 0 Å². The van der Waals surface area contributed by atoms with Crippen LogP contribution in [0.2, 0.25) is 0 Å². The summed E-state index contributed by atoms with van der Waals surface area (Å²) in [5.74, 6) is 0. The first-order chi connectivity index (χ1) is 13.2. The van der Waals surface area contributed by atoms with Gasteiger partial charge in [0.05, 0.1) is 35.2 Å². The Morgan fingerprint density at radius 2 is 1.96 bits per heavy atom. The van der Waals surface area contributed by atoms with Gasteiger partial charge in [-0.25, -0.2) is 9.78 Å². The van der Waals surface area contributed by atoms with Crippen LogP contribution >= 0.6 is 0 Å². The lowest BCUT2D eigenvalue weighted by molar-refractivity contribution is 0.00578. The number of aromatic nitrogens is 2. The number of fused-ring (bicyclic) bond motifs is 1. The fraction of sp³-hybridized carbons (Fsp3) is 0.600. The molecule has 0 radical (unpaired) electrons. The number of alkyl carbamates (subject to hydrolysis) is 1. The van der Waals surface area contributed by atoms with E-state index >= 15 is 0 Å². The van der Waals surface area contributed by atoms with Crippen molar-refractivity contribution in [2.75, 3.05) is 13.2 Å². The maximum absolute atomic E-state index is 11.7. The van der Waals surface area contributed by atoms with Gasteiger partial charge in [0.2, 0.25) is 0 Å². The molecule has 1 aliphatic rings. The molecule has 2 aromatic rings. The Balaban J connectivity index is 1.66. The van der Waals surface area contributed by atoms with E-state index in [1.807, 2.05) is 50.5 Å². The zero-order valence-electron chi connectivity index (χ0n) is 17.4. The van der Waals surface area contributed by atoms with E-state index in [2.05, 4.69) is 17.2 Å². The Hall–Kier alpha value is -2.06. The zero-order valence-corrected chi connectivity index (χ0v) is 17.4. The van der Waals surface area contributed by atoms with E-state index in [9.17, 15) is 4.79 Å². The molecule has 1 aromatic carbocycles. The molecule has 7 nitrogen and oxygen atoms in total. The number of nitrogens with one attached hydrogen (secondary N) is 1. The predicted octanol–water partition coefficient (Wildman–Crippen LogP) is 2.86. The van der Waals surface area contributed by atoms with Gasteiger partial charge in [0.25, 0.3) is 0 Å². The van der Waals surface area contributed by atoms with E-state index in [-0.39, 0.29) is 17.3 Å². The van der Waals surface area contributed by atoms with Gasteiger partial charge in [0.1, 0.15) is 0 Å². The summed E-state index contributed by atoms with van der Waals surface area (Å²) in [5.41, 5.74) is 2.07. The average Bonchev–Trinajstić information content (AvgIpc) is 3.12. The normalized spacial score (nSPS) is 17.8. The number of unbranched alkanes of at least 4 members (excludes halogenated alkanes) is 1. The van der Waals surface area contributed by atoms with Gasteiger partial charge in [-0.15, -0.1) is 0 Å². The second-order valence-electron chi connectivity index (χ2n) is 8.19. The molecule has 1 N–H and O–H groups in total. The Morgan fingerprint density at radius 3 is 2.64 bits per heavy atom. The van der Waals surface area contributed by atoms with Crippen LogP contribution in [-0.2, 0) is 20.6 Å². The summed E-state index contributed by atoms with van der Waals surface area (Å²) in [6.07, 6.45) is 3.28. The maximum atomic E-state index is 11.7. The molecule has 0 saturated carbocycles. The lowest BCUT2D eigenvalue weighted by Gasteiger charge is -2.32. The van der Waals surface area contributed by atoms with Crippen LogP contribution in [0.15, 0.2) is 24.5 Å². The number of hydrogen-bond acceptors (Lipinski definition) is 5. The van der Waals surface area contributed by atoms with Crippen molar-refractivity contribution in [1.29, 1.82) is 0 Å². The molecule has 1 saturated heterocycles. The first kappa shape index (κ1) is 20.7. The van der Waals surface area contributed by atoms with Crippen molar-refractivity contribution in [2.24, 2.45) is 0 Å². The van der Waals surface area contributed by atoms with E-state index in [1.54, 1.807) is 6.33 Å². The van der Waals surface area contributed by atoms with Crippen molar-refractivity contribution in [1.82, 2.24) is 14.9 Å². The molecule has 28 heavy (non-hydrogen) atoms. The number of nitrogens with zero attached hydrogens (tertiary/aromatic N) is 2. The Kier molecular flexibility index (Phi) is 6.00. The largest absolute Gasteiger partial charge is 0.494 e. The molecule has 3 rings (SSSR count). The van der Waals surface area contributed by atoms with Gasteiger partial charge in [-0.3, -0.25) is 0 Å². The summed E-state index contributed by atoms with van der Waals surface area (Å²) < 4.78 is 19.4. The minimum absolute atomic E-state index is 0.379. The van der Waals surface area contributed by atoms with Gasteiger partial charge in [-0.1, -0.05) is 19.4 Å². The van der Waals surface area contributed by atoms with Crippen LogP contribution in [-0.4, -0.2) is 47.1 Å². The standard InChI is InChI=1S/C20H30BN3O4/c1-6-7-12-26-18(25)22-10-11-24-14-23-16-9-8-15(13-17(16)24)21-27-19(2,3)20(4,5)28-21/h8-9,13-14H,6-7,10-12H2,1-5H3,(H,22,25). The summed E-state index contributed by atoms with van der Waals surface area (Å²) in [5, 5.41) is 2.78. The average molecular weight is 387 g/mol. The van der Waals surface area contributed by atoms with Crippen molar-refractivity contribution < 1.29 is 18.8 Å². The number of carbonyl (C=O) groups is 1. The molecule has 1 fully saturated rings. The van der Waals surface area contributed by atoms with Crippen molar-refractivity contribution in [3.63, 3.8) is 0 Å². The van der Waals surface area contributed by atoms with Crippen LogP contribution in [0, 0.1) is 0 Å². The molecule has 0 atom stereocenters. The predicted molar refractivity (Wildman–Crippen MR) is 110 cm³/mol. The smallest absolute Gasteiger partial charge is 0.450 e. The number of carbonyl (C=O) groups excluding carboxylic acids is 1. The summed E-state index contributed by atoms with van der Waals surface area (Å²) in [4.78, 5) is 16.1. The molecule has 2 heterocycles. The van der Waals surface area contributed by atoms with E-state index in [0.29, 0.717) is 19.7 Å². The highest BCUT2D eigenvalue weighted by molar-refractivity contribution is 6.62. The van der Waals surface area contributed by atoms with Crippen LogP contribution in [0.1, 0.15) is 47.5 Å². The number of amides is 1. The molecular weight excluding hydrogens is 357 g/mol. The molecule has 0 unspecified atom stereocenters. The zero-order chi connectivity index (χ0) is 20.4. The van der Waals surface area contributed by atoms with Gasteiger partial charge in [-0.2, -0.15) is 0 Å². The number of imidazole rings is 1. The van der Waals surface area contributed by atoms with Crippen LogP contribution < -0.4 is 10.8 Å².